The summed E-state index contributed by atoms with van der Waals surface area (Å²) in [7, 11) is 0. The second-order valence-electron chi connectivity index (χ2n) is 5.08. The van der Waals surface area contributed by atoms with Crippen molar-refractivity contribution in [2.75, 3.05) is 0 Å². The van der Waals surface area contributed by atoms with Crippen LogP contribution in [0.2, 0.25) is 0 Å². The zero-order valence-corrected chi connectivity index (χ0v) is 11.6. The van der Waals surface area contributed by atoms with Crippen LogP contribution >= 0.6 is 0 Å². The minimum absolute atomic E-state index is 0.0250. The van der Waals surface area contributed by atoms with Gasteiger partial charge in [-0.3, -0.25) is 0 Å². The zero-order valence-electron chi connectivity index (χ0n) is 11.6. The molecule has 0 aliphatic carbocycles. The molecule has 0 fully saturated rings. The molecule has 0 radical (unpaired) electrons. The van der Waals surface area contributed by atoms with Gasteiger partial charge < -0.3 is 19.9 Å². The van der Waals surface area contributed by atoms with Crippen LogP contribution in [0.4, 0.5) is 0 Å². The van der Waals surface area contributed by atoms with E-state index >= 15 is 0 Å². The lowest BCUT2D eigenvalue weighted by molar-refractivity contribution is 0.0662. The van der Waals surface area contributed by atoms with Crippen LogP contribution in [0.5, 0.6) is 0 Å². The Morgan fingerprint density at radius 2 is 2.05 bits per heavy atom. The van der Waals surface area contributed by atoms with E-state index in [0.29, 0.717) is 24.1 Å². The third-order valence-corrected chi connectivity index (χ3v) is 3.21. The Hall–Kier alpha value is -1.85. The van der Waals surface area contributed by atoms with Crippen LogP contribution in [0.25, 0.3) is 11.0 Å². The molecule has 1 aromatic heterocycles. The Morgan fingerprint density at radius 1 is 1.35 bits per heavy atom. The Balaban J connectivity index is 2.23. The highest BCUT2D eigenvalue weighted by molar-refractivity contribution is 5.95. The molecule has 0 bridgehead atoms. The molecule has 0 saturated carbocycles. The first kappa shape index (κ1) is 14.6. The highest BCUT2D eigenvalue weighted by atomic mass is 16.4. The van der Waals surface area contributed by atoms with E-state index in [1.807, 2.05) is 25.1 Å². The lowest BCUT2D eigenvalue weighted by Gasteiger charge is -2.15. The highest BCUT2D eigenvalue weighted by Gasteiger charge is 2.19. The third-order valence-electron chi connectivity index (χ3n) is 3.21. The van der Waals surface area contributed by atoms with E-state index in [2.05, 4.69) is 5.32 Å². The maximum Gasteiger partial charge on any atom is 0.372 e. The van der Waals surface area contributed by atoms with Gasteiger partial charge in [-0.25, -0.2) is 4.79 Å². The average Bonchev–Trinajstić information content (AvgIpc) is 2.74. The molecule has 0 aliphatic heterocycles. The van der Waals surface area contributed by atoms with Gasteiger partial charge in [-0.05, 0) is 26.3 Å². The fourth-order valence-corrected chi connectivity index (χ4v) is 2.32. The molecule has 20 heavy (non-hydrogen) atoms. The Morgan fingerprint density at radius 3 is 2.70 bits per heavy atom. The molecule has 0 aliphatic rings. The Bertz CT molecular complexity index is 603. The van der Waals surface area contributed by atoms with E-state index in [4.69, 9.17) is 4.42 Å². The van der Waals surface area contributed by atoms with E-state index in [-0.39, 0.29) is 11.8 Å². The molecule has 5 heteroatoms. The van der Waals surface area contributed by atoms with Crippen molar-refractivity contribution >= 4 is 16.9 Å². The standard InChI is InChI=1S/C15H19NO4/c1-9(7-10(2)17)16-8-12-11-5-3-4-6-13(11)20-14(12)15(18)19/h3-6,9-10,16-17H,7-8H2,1-2H3,(H,18,19). The van der Waals surface area contributed by atoms with Crippen molar-refractivity contribution in [3.63, 3.8) is 0 Å². The van der Waals surface area contributed by atoms with Gasteiger partial charge in [0.05, 0.1) is 6.10 Å². The first-order chi connectivity index (χ1) is 9.49. The Labute approximate surface area is 117 Å². The maximum atomic E-state index is 11.3. The lowest BCUT2D eigenvalue weighted by Crippen LogP contribution is -2.29. The van der Waals surface area contributed by atoms with Gasteiger partial charge in [-0.15, -0.1) is 0 Å². The number of hydrogen-bond acceptors (Lipinski definition) is 4. The lowest BCUT2D eigenvalue weighted by atomic mass is 10.1. The van der Waals surface area contributed by atoms with E-state index < -0.39 is 12.1 Å². The van der Waals surface area contributed by atoms with Crippen LogP contribution in [0.15, 0.2) is 28.7 Å². The zero-order chi connectivity index (χ0) is 14.7. The van der Waals surface area contributed by atoms with Crippen molar-refractivity contribution in [3.05, 3.63) is 35.6 Å². The number of furan rings is 1. The van der Waals surface area contributed by atoms with Crippen molar-refractivity contribution < 1.29 is 19.4 Å². The van der Waals surface area contributed by atoms with Gasteiger partial charge in [0.2, 0.25) is 5.76 Å². The third kappa shape index (κ3) is 3.18. The van der Waals surface area contributed by atoms with E-state index in [9.17, 15) is 15.0 Å². The van der Waals surface area contributed by atoms with Crippen LogP contribution < -0.4 is 5.32 Å². The monoisotopic (exact) mass is 277 g/mol. The van der Waals surface area contributed by atoms with Gasteiger partial charge in [-0.1, -0.05) is 18.2 Å². The van der Waals surface area contributed by atoms with Gasteiger partial charge in [0.25, 0.3) is 0 Å². The number of para-hydroxylation sites is 1. The maximum absolute atomic E-state index is 11.3. The van der Waals surface area contributed by atoms with Crippen molar-refractivity contribution in [2.24, 2.45) is 0 Å². The van der Waals surface area contributed by atoms with E-state index in [1.165, 1.54) is 0 Å². The number of carboxylic acid groups (broad SMARTS) is 1. The summed E-state index contributed by atoms with van der Waals surface area (Å²) in [5.41, 5.74) is 1.22. The number of nitrogens with one attached hydrogen (secondary N) is 1. The molecule has 1 aromatic carbocycles. The number of fused-ring (bicyclic) bond motifs is 1. The van der Waals surface area contributed by atoms with Crippen LogP contribution in [0.3, 0.4) is 0 Å². The van der Waals surface area contributed by atoms with Crippen LogP contribution in [0.1, 0.15) is 36.4 Å². The molecule has 2 aromatic rings. The summed E-state index contributed by atoms with van der Waals surface area (Å²) in [5, 5.41) is 22.6. The number of rotatable bonds is 6. The van der Waals surface area contributed by atoms with Crippen molar-refractivity contribution in [3.8, 4) is 0 Å². The molecule has 108 valence electrons. The normalized spacial score (nSPS) is 14.3. The molecule has 0 spiro atoms. The second-order valence-corrected chi connectivity index (χ2v) is 5.08. The van der Waals surface area contributed by atoms with Crippen molar-refractivity contribution in [1.82, 2.24) is 5.32 Å². The number of aromatic carboxylic acids is 1. The minimum atomic E-state index is -1.07. The van der Waals surface area contributed by atoms with Crippen LogP contribution in [0, 0.1) is 0 Å². The van der Waals surface area contributed by atoms with Crippen molar-refractivity contribution in [1.29, 1.82) is 0 Å². The summed E-state index contributed by atoms with van der Waals surface area (Å²) in [5.74, 6) is -1.09. The SMILES string of the molecule is CC(O)CC(C)NCc1c(C(=O)O)oc2ccccc12. The van der Waals surface area contributed by atoms with Crippen LogP contribution in [-0.4, -0.2) is 28.3 Å². The number of carboxylic acids is 1. The average molecular weight is 277 g/mol. The molecule has 1 heterocycles. The molecular weight excluding hydrogens is 258 g/mol. The molecule has 2 unspecified atom stereocenters. The molecule has 0 amide bonds. The molecular formula is C15H19NO4. The fourth-order valence-electron chi connectivity index (χ4n) is 2.32. The summed E-state index contributed by atoms with van der Waals surface area (Å²) in [6.45, 7) is 4.08. The largest absolute Gasteiger partial charge is 0.475 e. The number of hydrogen-bond donors (Lipinski definition) is 3. The van der Waals surface area contributed by atoms with E-state index in [1.54, 1.807) is 13.0 Å². The van der Waals surface area contributed by atoms with Gasteiger partial charge in [0, 0.05) is 23.5 Å². The molecule has 0 saturated heterocycles. The quantitative estimate of drug-likeness (QED) is 0.755. The first-order valence-electron chi connectivity index (χ1n) is 6.64. The molecule has 3 N–H and O–H groups in total. The molecule has 5 nitrogen and oxygen atoms in total. The predicted octanol–water partition coefficient (Wildman–Crippen LogP) is 2.38. The summed E-state index contributed by atoms with van der Waals surface area (Å²) in [6, 6.07) is 7.36. The summed E-state index contributed by atoms with van der Waals surface area (Å²) >= 11 is 0. The summed E-state index contributed by atoms with van der Waals surface area (Å²) in [6.07, 6.45) is 0.218. The van der Waals surface area contributed by atoms with Gasteiger partial charge >= 0.3 is 5.97 Å². The number of aliphatic hydroxyl groups excluding tert-OH is 1. The number of benzene rings is 1. The van der Waals surface area contributed by atoms with Gasteiger partial charge in [0.15, 0.2) is 0 Å². The topological polar surface area (TPSA) is 82.7 Å². The van der Waals surface area contributed by atoms with Gasteiger partial charge in [-0.2, -0.15) is 0 Å². The van der Waals surface area contributed by atoms with Gasteiger partial charge in [0.1, 0.15) is 5.58 Å². The second kappa shape index (κ2) is 6.07. The number of carbonyl (C=O) groups is 1. The predicted molar refractivity (Wildman–Crippen MR) is 75.8 cm³/mol. The van der Waals surface area contributed by atoms with Crippen molar-refractivity contribution in [2.45, 2.75) is 39.0 Å². The molecule has 2 atom stereocenters. The smallest absolute Gasteiger partial charge is 0.372 e. The Kier molecular flexibility index (Phi) is 4.42. The fraction of sp³-hybridized carbons (Fsp3) is 0.400. The highest BCUT2D eigenvalue weighted by Crippen LogP contribution is 2.26. The summed E-state index contributed by atoms with van der Waals surface area (Å²) in [4.78, 5) is 11.3. The molecule has 2 rings (SSSR count). The van der Waals surface area contributed by atoms with E-state index in [0.717, 1.165) is 5.39 Å². The first-order valence-corrected chi connectivity index (χ1v) is 6.64. The number of aliphatic hydroxyl groups is 1. The summed E-state index contributed by atoms with van der Waals surface area (Å²) < 4.78 is 5.39. The van der Waals surface area contributed by atoms with Crippen LogP contribution in [-0.2, 0) is 6.54 Å². The minimum Gasteiger partial charge on any atom is -0.475 e.